The summed E-state index contributed by atoms with van der Waals surface area (Å²) in [5.74, 6) is 6.16. The van der Waals surface area contributed by atoms with Crippen molar-refractivity contribution in [3.8, 4) is 0 Å². The molecular weight excluding hydrogens is 208 g/mol. The van der Waals surface area contributed by atoms with E-state index in [9.17, 15) is 0 Å². The first-order valence-electron chi connectivity index (χ1n) is 3.49. The average Bonchev–Trinajstić information content (AvgIpc) is 2.39. The van der Waals surface area contributed by atoms with E-state index in [-0.39, 0.29) is 6.04 Å². The number of hydrazine groups is 1. The predicted molar refractivity (Wildman–Crippen MR) is 46.8 cm³/mol. The van der Waals surface area contributed by atoms with Gasteiger partial charge in [0.25, 0.3) is 0 Å². The molecule has 4 heteroatoms. The summed E-state index contributed by atoms with van der Waals surface area (Å²) in [6, 6.07) is 3.87. The topological polar surface area (TPSA) is 51.2 Å². The molecule has 1 atom stereocenters. The summed E-state index contributed by atoms with van der Waals surface area (Å²) in [6.07, 6.45) is 0.913. The van der Waals surface area contributed by atoms with Crippen molar-refractivity contribution in [3.63, 3.8) is 0 Å². The number of rotatable bonds is 3. The van der Waals surface area contributed by atoms with Crippen molar-refractivity contribution in [2.75, 3.05) is 0 Å². The fourth-order valence-corrected chi connectivity index (χ4v) is 1.24. The van der Waals surface area contributed by atoms with Gasteiger partial charge < -0.3 is 4.42 Å². The Morgan fingerprint density at radius 1 is 1.73 bits per heavy atom. The molecule has 62 valence electrons. The number of nitrogens with one attached hydrogen (secondary N) is 1. The number of furan rings is 1. The standard InChI is InChI=1S/C7H11BrN2O/c1-2-5(10-9)6-3-4-7(8)11-6/h3-5,10H,2,9H2,1H3. The molecule has 0 radical (unpaired) electrons. The van der Waals surface area contributed by atoms with E-state index in [4.69, 9.17) is 10.3 Å². The van der Waals surface area contributed by atoms with E-state index in [1.165, 1.54) is 0 Å². The van der Waals surface area contributed by atoms with Crippen LogP contribution in [0.15, 0.2) is 21.2 Å². The molecule has 0 spiro atoms. The first-order chi connectivity index (χ1) is 5.27. The van der Waals surface area contributed by atoms with Crippen molar-refractivity contribution in [1.29, 1.82) is 0 Å². The van der Waals surface area contributed by atoms with Crippen LogP contribution in [-0.4, -0.2) is 0 Å². The molecule has 1 unspecified atom stereocenters. The summed E-state index contributed by atoms with van der Waals surface area (Å²) < 4.78 is 6.04. The van der Waals surface area contributed by atoms with Gasteiger partial charge in [-0.1, -0.05) is 6.92 Å². The molecule has 0 saturated carbocycles. The lowest BCUT2D eigenvalue weighted by Gasteiger charge is -2.08. The van der Waals surface area contributed by atoms with Gasteiger partial charge in [0.1, 0.15) is 5.76 Å². The maximum atomic E-state index is 5.30. The smallest absolute Gasteiger partial charge is 0.169 e. The second-order valence-electron chi connectivity index (χ2n) is 2.27. The van der Waals surface area contributed by atoms with Crippen LogP contribution in [0.4, 0.5) is 0 Å². The summed E-state index contributed by atoms with van der Waals surface area (Å²) in [5.41, 5.74) is 2.67. The van der Waals surface area contributed by atoms with E-state index in [1.54, 1.807) is 0 Å². The molecular formula is C7H11BrN2O. The molecule has 1 rings (SSSR count). The normalized spacial score (nSPS) is 13.4. The zero-order valence-corrected chi connectivity index (χ0v) is 7.89. The Hall–Kier alpha value is -0.320. The largest absolute Gasteiger partial charge is 0.453 e. The fraction of sp³-hybridized carbons (Fsp3) is 0.429. The van der Waals surface area contributed by atoms with Crippen molar-refractivity contribution in [2.24, 2.45) is 5.84 Å². The summed E-state index contributed by atoms with van der Waals surface area (Å²) in [6.45, 7) is 2.04. The van der Waals surface area contributed by atoms with Gasteiger partial charge in [-0.25, -0.2) is 5.43 Å². The lowest BCUT2D eigenvalue weighted by molar-refractivity contribution is 0.399. The van der Waals surface area contributed by atoms with Crippen LogP contribution in [-0.2, 0) is 0 Å². The SMILES string of the molecule is CCC(NN)c1ccc(Br)o1. The van der Waals surface area contributed by atoms with Crippen LogP contribution in [0, 0.1) is 0 Å². The van der Waals surface area contributed by atoms with Gasteiger partial charge in [-0.05, 0) is 34.5 Å². The van der Waals surface area contributed by atoms with Gasteiger partial charge in [0.05, 0.1) is 6.04 Å². The molecule has 1 heterocycles. The van der Waals surface area contributed by atoms with Crippen LogP contribution in [0.1, 0.15) is 25.1 Å². The predicted octanol–water partition coefficient (Wildman–Crippen LogP) is 1.96. The molecule has 0 aliphatic carbocycles. The van der Waals surface area contributed by atoms with Crippen LogP contribution < -0.4 is 11.3 Å². The highest BCUT2D eigenvalue weighted by atomic mass is 79.9. The molecule has 0 bridgehead atoms. The lowest BCUT2D eigenvalue weighted by Crippen LogP contribution is -2.26. The van der Waals surface area contributed by atoms with Crippen molar-refractivity contribution in [3.05, 3.63) is 22.6 Å². The third-order valence-corrected chi connectivity index (χ3v) is 1.97. The van der Waals surface area contributed by atoms with Gasteiger partial charge >= 0.3 is 0 Å². The summed E-state index contributed by atoms with van der Waals surface area (Å²) >= 11 is 3.22. The van der Waals surface area contributed by atoms with Crippen molar-refractivity contribution < 1.29 is 4.42 Å². The van der Waals surface area contributed by atoms with E-state index in [2.05, 4.69) is 21.4 Å². The maximum Gasteiger partial charge on any atom is 0.169 e. The number of hydrogen-bond acceptors (Lipinski definition) is 3. The lowest BCUT2D eigenvalue weighted by atomic mass is 10.2. The minimum Gasteiger partial charge on any atom is -0.453 e. The van der Waals surface area contributed by atoms with E-state index in [1.807, 2.05) is 19.1 Å². The molecule has 0 fully saturated rings. The minimum atomic E-state index is 0.112. The Bertz CT molecular complexity index is 220. The van der Waals surface area contributed by atoms with Gasteiger partial charge in [0, 0.05) is 0 Å². The highest BCUT2D eigenvalue weighted by Crippen LogP contribution is 2.21. The highest BCUT2D eigenvalue weighted by Gasteiger charge is 2.10. The molecule has 11 heavy (non-hydrogen) atoms. The highest BCUT2D eigenvalue weighted by molar-refractivity contribution is 9.10. The zero-order chi connectivity index (χ0) is 8.27. The Morgan fingerprint density at radius 3 is 2.82 bits per heavy atom. The summed E-state index contributed by atoms with van der Waals surface area (Å²) in [7, 11) is 0. The third kappa shape index (κ3) is 2.05. The first-order valence-corrected chi connectivity index (χ1v) is 4.28. The molecule has 0 amide bonds. The quantitative estimate of drug-likeness (QED) is 0.603. The Kier molecular flexibility index (Phi) is 3.11. The van der Waals surface area contributed by atoms with Crippen LogP contribution in [0.2, 0.25) is 0 Å². The average molecular weight is 219 g/mol. The van der Waals surface area contributed by atoms with Crippen LogP contribution >= 0.6 is 15.9 Å². The van der Waals surface area contributed by atoms with Crippen molar-refractivity contribution >= 4 is 15.9 Å². The van der Waals surface area contributed by atoms with Gasteiger partial charge in [-0.3, -0.25) is 5.84 Å². The Balaban J connectivity index is 2.73. The molecule has 0 aromatic carbocycles. The minimum absolute atomic E-state index is 0.112. The zero-order valence-electron chi connectivity index (χ0n) is 6.30. The van der Waals surface area contributed by atoms with Gasteiger partial charge in [-0.15, -0.1) is 0 Å². The second-order valence-corrected chi connectivity index (χ2v) is 3.05. The molecule has 0 aliphatic rings. The molecule has 1 aromatic heterocycles. The van der Waals surface area contributed by atoms with Crippen LogP contribution in [0.5, 0.6) is 0 Å². The Morgan fingerprint density at radius 2 is 2.45 bits per heavy atom. The number of hydrogen-bond donors (Lipinski definition) is 2. The van der Waals surface area contributed by atoms with Crippen LogP contribution in [0.3, 0.4) is 0 Å². The van der Waals surface area contributed by atoms with E-state index in [0.29, 0.717) is 0 Å². The third-order valence-electron chi connectivity index (χ3n) is 1.55. The van der Waals surface area contributed by atoms with Crippen LogP contribution in [0.25, 0.3) is 0 Å². The first kappa shape index (κ1) is 8.77. The number of halogens is 1. The van der Waals surface area contributed by atoms with Gasteiger partial charge in [-0.2, -0.15) is 0 Å². The molecule has 0 saturated heterocycles. The summed E-state index contributed by atoms with van der Waals surface area (Å²) in [4.78, 5) is 0. The van der Waals surface area contributed by atoms with Gasteiger partial charge in [0.2, 0.25) is 0 Å². The van der Waals surface area contributed by atoms with Crippen molar-refractivity contribution in [2.45, 2.75) is 19.4 Å². The summed E-state index contributed by atoms with van der Waals surface area (Å²) in [5, 5.41) is 0. The maximum absolute atomic E-state index is 5.30. The molecule has 3 nitrogen and oxygen atoms in total. The fourth-order valence-electron chi connectivity index (χ4n) is 0.917. The Labute approximate surface area is 74.0 Å². The van der Waals surface area contributed by atoms with E-state index in [0.717, 1.165) is 16.9 Å². The van der Waals surface area contributed by atoms with E-state index >= 15 is 0 Å². The monoisotopic (exact) mass is 218 g/mol. The second kappa shape index (κ2) is 3.90. The molecule has 0 aliphatic heterocycles. The number of nitrogens with two attached hydrogens (primary N) is 1. The van der Waals surface area contributed by atoms with Gasteiger partial charge in [0.15, 0.2) is 4.67 Å². The molecule has 3 N–H and O–H groups in total. The molecule has 1 aromatic rings. The van der Waals surface area contributed by atoms with Crippen molar-refractivity contribution in [1.82, 2.24) is 5.43 Å². The van der Waals surface area contributed by atoms with E-state index < -0.39 is 0 Å².